The second-order valence-corrected chi connectivity index (χ2v) is 6.06. The van der Waals surface area contributed by atoms with Gasteiger partial charge in [-0.1, -0.05) is 11.6 Å². The number of nitrogens with zero attached hydrogens (tertiary/aromatic N) is 1. The number of benzene rings is 1. The molecule has 0 saturated carbocycles. The van der Waals surface area contributed by atoms with Crippen LogP contribution >= 0.6 is 11.6 Å². The zero-order valence-corrected chi connectivity index (χ0v) is 14.7. The number of hydrogen-bond donors (Lipinski definition) is 3. The van der Waals surface area contributed by atoms with Crippen molar-refractivity contribution in [2.24, 2.45) is 0 Å². The minimum absolute atomic E-state index is 0.0941. The van der Waals surface area contributed by atoms with Crippen LogP contribution in [0.25, 0.3) is 0 Å². The topological polar surface area (TPSA) is 86.9 Å². The third kappa shape index (κ3) is 4.35. The predicted molar refractivity (Wildman–Crippen MR) is 93.3 cm³/mol. The van der Waals surface area contributed by atoms with Gasteiger partial charge in [0, 0.05) is 34.9 Å². The number of nitrogens with one attached hydrogen (secondary N) is 3. The summed E-state index contributed by atoms with van der Waals surface area (Å²) in [7, 11) is 0. The Morgan fingerprint density at radius 2 is 1.79 bits per heavy atom. The van der Waals surface area contributed by atoms with Crippen LogP contribution in [-0.4, -0.2) is 35.1 Å². The van der Waals surface area contributed by atoms with Gasteiger partial charge in [0.2, 0.25) is 5.91 Å². The number of rotatable bonds is 6. The highest BCUT2D eigenvalue weighted by Crippen LogP contribution is 2.21. The lowest BCUT2D eigenvalue weighted by molar-refractivity contribution is -0.122. The van der Waals surface area contributed by atoms with Crippen LogP contribution in [0.1, 0.15) is 40.2 Å². The number of aromatic nitrogens is 2. The Labute approximate surface area is 146 Å². The van der Waals surface area contributed by atoms with Crippen molar-refractivity contribution >= 4 is 23.4 Å². The van der Waals surface area contributed by atoms with Gasteiger partial charge in [0.15, 0.2) is 0 Å². The molecule has 0 saturated heterocycles. The van der Waals surface area contributed by atoms with E-state index in [0.29, 0.717) is 23.7 Å². The average molecular weight is 349 g/mol. The maximum atomic E-state index is 12.2. The molecular weight excluding hydrogens is 328 g/mol. The number of carbonyl (C=O) groups is 2. The average Bonchev–Trinajstić information content (AvgIpc) is 2.89. The number of halogens is 1. The smallest absolute Gasteiger partial charge is 0.251 e. The van der Waals surface area contributed by atoms with Gasteiger partial charge < -0.3 is 10.6 Å². The third-order valence-electron chi connectivity index (χ3n) is 3.83. The largest absolute Gasteiger partial charge is 0.354 e. The number of aryl methyl sites for hydroxylation is 2. The fraction of sp³-hybridized carbons (Fsp3) is 0.353. The van der Waals surface area contributed by atoms with Gasteiger partial charge in [0.1, 0.15) is 0 Å². The molecule has 0 aliphatic rings. The van der Waals surface area contributed by atoms with Crippen LogP contribution in [0.2, 0.25) is 5.02 Å². The number of hydrogen-bond acceptors (Lipinski definition) is 3. The summed E-state index contributed by atoms with van der Waals surface area (Å²) in [4.78, 5) is 24.1. The van der Waals surface area contributed by atoms with Crippen LogP contribution in [0.5, 0.6) is 0 Å². The van der Waals surface area contributed by atoms with Crippen LogP contribution in [0, 0.1) is 13.8 Å². The van der Waals surface area contributed by atoms with Gasteiger partial charge in [-0.3, -0.25) is 14.7 Å². The number of H-pyrrole nitrogens is 1. The molecule has 0 unspecified atom stereocenters. The first kappa shape index (κ1) is 18.0. The Morgan fingerprint density at radius 1 is 1.17 bits per heavy atom. The van der Waals surface area contributed by atoms with E-state index in [1.54, 1.807) is 24.3 Å². The van der Waals surface area contributed by atoms with Gasteiger partial charge in [-0.25, -0.2) is 0 Å². The first-order valence-corrected chi connectivity index (χ1v) is 8.11. The van der Waals surface area contributed by atoms with Crippen molar-refractivity contribution < 1.29 is 9.59 Å². The molecule has 1 aromatic carbocycles. The lowest BCUT2D eigenvalue weighted by Crippen LogP contribution is -2.36. The molecule has 2 amide bonds. The Bertz CT molecular complexity index is 705. The lowest BCUT2D eigenvalue weighted by atomic mass is 9.98. The van der Waals surface area contributed by atoms with E-state index < -0.39 is 0 Å². The second kappa shape index (κ2) is 7.97. The summed E-state index contributed by atoms with van der Waals surface area (Å²) in [5.74, 6) is -0.588. The molecule has 0 bridgehead atoms. The highest BCUT2D eigenvalue weighted by molar-refractivity contribution is 6.30. The summed E-state index contributed by atoms with van der Waals surface area (Å²) in [6.07, 6.45) is 0. The molecule has 6 nitrogen and oxygen atoms in total. The Morgan fingerprint density at radius 3 is 2.38 bits per heavy atom. The zero-order chi connectivity index (χ0) is 17.7. The molecule has 0 aliphatic heterocycles. The fourth-order valence-electron chi connectivity index (χ4n) is 2.55. The number of amides is 2. The Balaban J connectivity index is 1.78. The van der Waals surface area contributed by atoms with Crippen LogP contribution in [0.3, 0.4) is 0 Å². The zero-order valence-electron chi connectivity index (χ0n) is 13.9. The standard InChI is InChI=1S/C17H21ClN4O2/c1-10(15-11(2)21-22-12(15)3)16(23)19-8-9-20-17(24)13-4-6-14(18)7-5-13/h4-7,10H,8-9H2,1-3H3,(H,19,23)(H,20,24)(H,21,22)/t10-/m0/s1. The molecule has 3 N–H and O–H groups in total. The van der Waals surface area contributed by atoms with Crippen LogP contribution < -0.4 is 10.6 Å². The van der Waals surface area contributed by atoms with Crippen LogP contribution in [-0.2, 0) is 4.79 Å². The van der Waals surface area contributed by atoms with Crippen molar-refractivity contribution in [3.8, 4) is 0 Å². The molecule has 0 fully saturated rings. The van der Waals surface area contributed by atoms with Gasteiger partial charge in [-0.15, -0.1) is 0 Å². The van der Waals surface area contributed by atoms with Crippen molar-refractivity contribution in [1.29, 1.82) is 0 Å². The summed E-state index contributed by atoms with van der Waals surface area (Å²) in [6.45, 7) is 6.31. The Kier molecular flexibility index (Phi) is 5.98. The highest BCUT2D eigenvalue weighted by atomic mass is 35.5. The minimum Gasteiger partial charge on any atom is -0.354 e. The SMILES string of the molecule is Cc1n[nH]c(C)c1[C@H](C)C(=O)NCCNC(=O)c1ccc(Cl)cc1. The minimum atomic E-state index is -0.296. The lowest BCUT2D eigenvalue weighted by Gasteiger charge is -2.13. The molecule has 1 atom stereocenters. The normalized spacial score (nSPS) is 11.8. The van der Waals surface area contributed by atoms with Gasteiger partial charge in [0.25, 0.3) is 5.91 Å². The van der Waals surface area contributed by atoms with E-state index in [1.807, 2.05) is 20.8 Å². The molecule has 24 heavy (non-hydrogen) atoms. The van der Waals surface area contributed by atoms with Gasteiger partial charge in [-0.2, -0.15) is 5.10 Å². The molecule has 2 aromatic rings. The summed E-state index contributed by atoms with van der Waals surface area (Å²) in [5, 5.41) is 13.1. The van der Waals surface area contributed by atoms with E-state index in [0.717, 1.165) is 17.0 Å². The molecule has 0 aliphatic carbocycles. The monoisotopic (exact) mass is 348 g/mol. The van der Waals surface area contributed by atoms with E-state index in [4.69, 9.17) is 11.6 Å². The summed E-state index contributed by atoms with van der Waals surface area (Å²) in [6, 6.07) is 6.64. The predicted octanol–water partition coefficient (Wildman–Crippen LogP) is 2.33. The van der Waals surface area contributed by atoms with E-state index >= 15 is 0 Å². The van der Waals surface area contributed by atoms with Crippen LogP contribution in [0.15, 0.2) is 24.3 Å². The molecule has 1 aromatic heterocycles. The third-order valence-corrected chi connectivity index (χ3v) is 4.08. The quantitative estimate of drug-likeness (QED) is 0.700. The van der Waals surface area contributed by atoms with Gasteiger partial charge in [0.05, 0.1) is 11.6 Å². The molecule has 128 valence electrons. The first-order chi connectivity index (χ1) is 11.4. The summed E-state index contributed by atoms with van der Waals surface area (Å²) in [5.41, 5.74) is 3.17. The maximum absolute atomic E-state index is 12.2. The van der Waals surface area contributed by atoms with E-state index in [2.05, 4.69) is 20.8 Å². The van der Waals surface area contributed by atoms with Crippen molar-refractivity contribution in [2.75, 3.05) is 13.1 Å². The van der Waals surface area contributed by atoms with Gasteiger partial charge >= 0.3 is 0 Å². The maximum Gasteiger partial charge on any atom is 0.251 e. The molecule has 7 heteroatoms. The molecule has 1 heterocycles. The van der Waals surface area contributed by atoms with Gasteiger partial charge in [-0.05, 0) is 45.0 Å². The van der Waals surface area contributed by atoms with Crippen molar-refractivity contribution in [1.82, 2.24) is 20.8 Å². The Hall–Kier alpha value is -2.34. The van der Waals surface area contributed by atoms with Crippen molar-refractivity contribution in [3.63, 3.8) is 0 Å². The molecular formula is C17H21ClN4O2. The van der Waals surface area contributed by atoms with E-state index in [-0.39, 0.29) is 17.7 Å². The number of carbonyl (C=O) groups excluding carboxylic acids is 2. The van der Waals surface area contributed by atoms with Crippen LogP contribution in [0.4, 0.5) is 0 Å². The fourth-order valence-corrected chi connectivity index (χ4v) is 2.67. The van der Waals surface area contributed by atoms with E-state index in [9.17, 15) is 9.59 Å². The van der Waals surface area contributed by atoms with E-state index in [1.165, 1.54) is 0 Å². The number of aromatic amines is 1. The summed E-state index contributed by atoms with van der Waals surface area (Å²) < 4.78 is 0. The second-order valence-electron chi connectivity index (χ2n) is 5.62. The molecule has 0 spiro atoms. The molecule has 0 radical (unpaired) electrons. The van der Waals surface area contributed by atoms with Crippen molar-refractivity contribution in [3.05, 3.63) is 51.8 Å². The highest BCUT2D eigenvalue weighted by Gasteiger charge is 2.20. The summed E-state index contributed by atoms with van der Waals surface area (Å²) >= 11 is 5.79. The first-order valence-electron chi connectivity index (χ1n) is 7.73. The van der Waals surface area contributed by atoms with Crippen molar-refractivity contribution in [2.45, 2.75) is 26.7 Å². The molecule has 2 rings (SSSR count).